The van der Waals surface area contributed by atoms with Crippen molar-refractivity contribution in [2.45, 2.75) is 78.6 Å². The highest BCUT2D eigenvalue weighted by atomic mass is 79.9. The fourth-order valence-corrected chi connectivity index (χ4v) is 11.2. The molecule has 9 aromatic carbocycles. The van der Waals surface area contributed by atoms with Gasteiger partial charge in [0.2, 0.25) is 0 Å². The normalized spacial score (nSPS) is 12.6. The highest BCUT2D eigenvalue weighted by molar-refractivity contribution is 9.10. The highest BCUT2D eigenvalue weighted by Gasteiger charge is 2.32. The zero-order valence-corrected chi connectivity index (χ0v) is 46.2. The average molecular weight is 1060 g/mol. The van der Waals surface area contributed by atoms with Gasteiger partial charge in [-0.05, 0) is 134 Å². The molecule has 1 aromatic heterocycles. The first-order chi connectivity index (χ1) is 36.2. The number of benzene rings is 9. The Kier molecular flexibility index (Phi) is 12.6. The van der Waals surface area contributed by atoms with E-state index < -0.39 is 0 Å². The van der Waals surface area contributed by atoms with E-state index in [-0.39, 0.29) is 38.8 Å². The number of fused-ring (bicyclic) bond motifs is 1. The van der Waals surface area contributed by atoms with Crippen LogP contribution >= 0.6 is 38.9 Å². The predicted octanol–water partition coefficient (Wildman–Crippen LogP) is 21.8. The second-order valence-electron chi connectivity index (χ2n) is 22.0. The van der Waals surface area contributed by atoms with Crippen molar-refractivity contribution in [1.29, 1.82) is 0 Å². The molecular formula is C68H62BrClN2S. The smallest absolute Gasteiger partial charge is 0.0657 e. The van der Waals surface area contributed by atoms with E-state index in [0.717, 1.165) is 94.2 Å². The quantitative estimate of drug-likeness (QED) is 0.135. The molecule has 0 aliphatic rings. The summed E-state index contributed by atoms with van der Waals surface area (Å²) in [6.45, 7) is 20.3. The lowest BCUT2D eigenvalue weighted by Gasteiger charge is -2.36. The van der Waals surface area contributed by atoms with Crippen LogP contribution in [0.1, 0.15) is 83.1 Å². The Labute approximate surface area is 454 Å². The summed E-state index contributed by atoms with van der Waals surface area (Å²) in [5.41, 5.74) is 16.0. The minimum Gasteiger partial charge on any atom is -0.309 e. The van der Waals surface area contributed by atoms with E-state index in [1.165, 1.54) is 5.56 Å². The zero-order valence-electron chi connectivity index (χ0n) is 46.0. The summed E-state index contributed by atoms with van der Waals surface area (Å²) < 4.78 is 29.7. The van der Waals surface area contributed by atoms with Crippen LogP contribution in [0.5, 0.6) is 0 Å². The number of hydrogen-bond acceptors (Lipinski definition) is 3. The van der Waals surface area contributed by atoms with Crippen molar-refractivity contribution in [3.63, 3.8) is 0 Å². The fourth-order valence-electron chi connectivity index (χ4n) is 9.66. The average Bonchev–Trinajstić information content (AvgIpc) is 3.91. The summed E-state index contributed by atoms with van der Waals surface area (Å²) in [4.78, 5) is 4.66. The molecule has 5 heteroatoms. The molecule has 73 heavy (non-hydrogen) atoms. The van der Waals surface area contributed by atoms with Crippen LogP contribution in [-0.2, 0) is 16.2 Å². The molecule has 0 spiro atoms. The molecule has 0 aliphatic carbocycles. The molecule has 0 N–H and O–H groups in total. The first-order valence-corrected chi connectivity index (χ1v) is 27.0. The number of hydrogen-bond donors (Lipinski definition) is 0. The van der Waals surface area contributed by atoms with Gasteiger partial charge in [0.05, 0.1) is 21.2 Å². The summed E-state index contributed by atoms with van der Waals surface area (Å²) >= 11 is 12.1. The first kappa shape index (κ1) is 46.1. The van der Waals surface area contributed by atoms with E-state index in [4.69, 9.17) is 13.0 Å². The molecule has 10 rings (SSSR count). The van der Waals surface area contributed by atoms with Crippen LogP contribution in [0.4, 0.5) is 34.1 Å². The van der Waals surface area contributed by atoms with Crippen LogP contribution < -0.4 is 9.80 Å². The SMILES string of the molecule is [2H]c1cc(N(c2cc(N(c3c(-c4ccccc4)cc(C(C)(C)C)cc3-c3ccccc3)c3csc4cc(Cl)ccc34)cc(C(C)(C)C)c2)c2c(-c3ccccc3)cc(C(C)(C)C)cc2-c2ccccc2)c([2H])c(Br)c1[2H]. The zero-order chi connectivity index (χ0) is 53.8. The van der Waals surface area contributed by atoms with E-state index in [1.807, 2.05) is 18.2 Å². The molecule has 0 unspecified atom stereocenters. The van der Waals surface area contributed by atoms with Crippen molar-refractivity contribution >= 4 is 83.1 Å². The van der Waals surface area contributed by atoms with Crippen molar-refractivity contribution in [3.05, 3.63) is 238 Å². The van der Waals surface area contributed by atoms with E-state index in [0.29, 0.717) is 10.7 Å². The summed E-state index contributed by atoms with van der Waals surface area (Å²) in [7, 11) is 0. The van der Waals surface area contributed by atoms with Crippen LogP contribution in [0, 0.1) is 0 Å². The second kappa shape index (κ2) is 20.0. The van der Waals surface area contributed by atoms with Crippen LogP contribution in [0.2, 0.25) is 5.02 Å². The van der Waals surface area contributed by atoms with Gasteiger partial charge >= 0.3 is 0 Å². The van der Waals surface area contributed by atoms with Gasteiger partial charge in [0, 0.05) is 64.3 Å². The summed E-state index contributed by atoms with van der Waals surface area (Å²) in [6, 6.07) is 66.7. The minimum absolute atomic E-state index is 0.00730. The molecule has 0 aliphatic heterocycles. The van der Waals surface area contributed by atoms with Gasteiger partial charge in [-0.25, -0.2) is 0 Å². The van der Waals surface area contributed by atoms with Gasteiger partial charge in [-0.3, -0.25) is 0 Å². The maximum Gasteiger partial charge on any atom is 0.0657 e. The van der Waals surface area contributed by atoms with Crippen LogP contribution in [0.25, 0.3) is 54.6 Å². The third-order valence-corrected chi connectivity index (χ3v) is 15.2. The molecule has 0 radical (unpaired) electrons. The topological polar surface area (TPSA) is 6.48 Å². The lowest BCUT2D eigenvalue weighted by Crippen LogP contribution is -2.20. The predicted molar refractivity (Wildman–Crippen MR) is 322 cm³/mol. The number of thiophene rings is 1. The largest absolute Gasteiger partial charge is 0.309 e. The third-order valence-electron chi connectivity index (χ3n) is 13.7. The second-order valence-corrected chi connectivity index (χ2v) is 24.1. The molecule has 0 amide bonds. The Bertz CT molecular complexity index is 3640. The van der Waals surface area contributed by atoms with Gasteiger partial charge in [0.25, 0.3) is 0 Å². The molecule has 0 fully saturated rings. The van der Waals surface area contributed by atoms with E-state index in [1.54, 1.807) is 17.4 Å². The molecular weight excluding hydrogens is 992 g/mol. The fraction of sp³-hybridized carbons (Fsp3) is 0.176. The van der Waals surface area contributed by atoms with Crippen LogP contribution in [-0.4, -0.2) is 0 Å². The highest BCUT2D eigenvalue weighted by Crippen LogP contribution is 2.55. The third kappa shape index (κ3) is 10.3. The van der Waals surface area contributed by atoms with Gasteiger partial charge in [-0.2, -0.15) is 0 Å². The molecule has 2 nitrogen and oxygen atoms in total. The molecule has 364 valence electrons. The van der Waals surface area contributed by atoms with E-state index in [9.17, 15) is 2.74 Å². The summed E-state index contributed by atoms with van der Waals surface area (Å²) in [5.74, 6) is 0. The minimum atomic E-state index is -0.385. The van der Waals surface area contributed by atoms with Gasteiger partial charge in [-0.1, -0.05) is 217 Å². The van der Waals surface area contributed by atoms with Crippen molar-refractivity contribution in [2.75, 3.05) is 9.80 Å². The van der Waals surface area contributed by atoms with Gasteiger partial charge in [0.15, 0.2) is 0 Å². The van der Waals surface area contributed by atoms with Crippen LogP contribution in [0.15, 0.2) is 216 Å². The van der Waals surface area contributed by atoms with Gasteiger partial charge < -0.3 is 9.80 Å². The first-order valence-electron chi connectivity index (χ1n) is 26.4. The molecule has 10 aromatic rings. The number of rotatable bonds is 10. The molecule has 1 heterocycles. The van der Waals surface area contributed by atoms with Crippen LogP contribution in [0.3, 0.4) is 0 Å². The maximum absolute atomic E-state index is 10.0. The molecule has 0 atom stereocenters. The number of halogens is 2. The van der Waals surface area contributed by atoms with Gasteiger partial charge in [0.1, 0.15) is 0 Å². The monoisotopic (exact) mass is 1060 g/mol. The Morgan fingerprint density at radius 3 is 1.27 bits per heavy atom. The lowest BCUT2D eigenvalue weighted by atomic mass is 9.81. The maximum atomic E-state index is 10.0. The van der Waals surface area contributed by atoms with E-state index in [2.05, 4.69) is 257 Å². The standard InChI is InChI=1S/C68H62BrClN2S/c1-66(2,3)49-35-55(71(54-32-22-31-52(69)41-54)64-58(45-23-14-10-15-24-45)37-50(67(4,5)6)38-59(64)46-25-16-11-17-26-46)43-56(36-49)72(62-44-73-63-42-53(70)33-34-57(62)63)65-60(47-27-18-12-19-28-47)39-51(68(7,8)9)40-61(65)48-29-20-13-21-30-48/h10-44H,1-9H3/i22D,31D,41D. The lowest BCUT2D eigenvalue weighted by molar-refractivity contribution is 0.590. The Morgan fingerprint density at radius 2 is 0.849 bits per heavy atom. The van der Waals surface area contributed by atoms with Crippen molar-refractivity contribution in [2.24, 2.45) is 0 Å². The van der Waals surface area contributed by atoms with Crippen molar-refractivity contribution < 1.29 is 4.11 Å². The molecule has 0 saturated heterocycles. The number of nitrogens with zero attached hydrogens (tertiary/aromatic N) is 2. The van der Waals surface area contributed by atoms with Gasteiger partial charge in [-0.15, -0.1) is 11.3 Å². The Balaban J connectivity index is 1.42. The molecule has 0 bridgehead atoms. The Hall–Kier alpha value is -6.69. The number of anilines is 6. The van der Waals surface area contributed by atoms with Crippen molar-refractivity contribution in [1.82, 2.24) is 0 Å². The summed E-state index contributed by atoms with van der Waals surface area (Å²) in [5, 5.41) is 3.99. The summed E-state index contributed by atoms with van der Waals surface area (Å²) in [6.07, 6.45) is 0. The molecule has 0 saturated carbocycles. The Morgan fingerprint density at radius 1 is 0.452 bits per heavy atom. The van der Waals surface area contributed by atoms with Crippen molar-refractivity contribution in [3.8, 4) is 44.5 Å². The van der Waals surface area contributed by atoms with E-state index >= 15 is 0 Å².